The molecule has 23 heavy (non-hydrogen) atoms. The van der Waals surface area contributed by atoms with Gasteiger partial charge in [0.1, 0.15) is 0 Å². The van der Waals surface area contributed by atoms with Crippen LogP contribution in [0.2, 0.25) is 0 Å². The van der Waals surface area contributed by atoms with Gasteiger partial charge in [-0.2, -0.15) is 0 Å². The molecule has 2 aromatic rings. The van der Waals surface area contributed by atoms with Gasteiger partial charge in [0, 0.05) is 24.3 Å². The van der Waals surface area contributed by atoms with E-state index in [0.717, 1.165) is 0 Å². The van der Waals surface area contributed by atoms with Gasteiger partial charge >= 0.3 is 0 Å². The van der Waals surface area contributed by atoms with Gasteiger partial charge in [0.05, 0.1) is 7.11 Å². The molecular formula is C17H20O6. The van der Waals surface area contributed by atoms with Crippen molar-refractivity contribution in [3.05, 3.63) is 35.4 Å². The lowest BCUT2D eigenvalue weighted by Gasteiger charge is -2.15. The van der Waals surface area contributed by atoms with Crippen LogP contribution >= 0.6 is 0 Å². The van der Waals surface area contributed by atoms with Crippen molar-refractivity contribution in [3.63, 3.8) is 0 Å². The molecule has 0 unspecified atom stereocenters. The summed E-state index contributed by atoms with van der Waals surface area (Å²) in [4.78, 5) is 0. The minimum Gasteiger partial charge on any atom is -0.504 e. The zero-order valence-corrected chi connectivity index (χ0v) is 12.8. The number of hydrogen-bond acceptors (Lipinski definition) is 6. The summed E-state index contributed by atoms with van der Waals surface area (Å²) >= 11 is 0. The Morgan fingerprint density at radius 1 is 0.783 bits per heavy atom. The van der Waals surface area contributed by atoms with Gasteiger partial charge in [-0.15, -0.1) is 0 Å². The molecule has 0 spiro atoms. The van der Waals surface area contributed by atoms with Gasteiger partial charge in [-0.05, 0) is 48.2 Å². The van der Waals surface area contributed by atoms with E-state index in [1.807, 2.05) is 0 Å². The number of phenols is 3. The van der Waals surface area contributed by atoms with Crippen molar-refractivity contribution in [3.8, 4) is 34.1 Å². The highest BCUT2D eigenvalue weighted by molar-refractivity contribution is 5.81. The summed E-state index contributed by atoms with van der Waals surface area (Å²) in [5.74, 6) is -0.676. The minimum absolute atomic E-state index is 0.0743. The predicted octanol–water partition coefficient (Wildman–Crippen LogP) is 1.55. The van der Waals surface area contributed by atoms with Crippen LogP contribution in [0.1, 0.15) is 11.1 Å². The molecule has 0 aliphatic rings. The Kier molecular flexibility index (Phi) is 5.31. The fourth-order valence-corrected chi connectivity index (χ4v) is 2.46. The quantitative estimate of drug-likeness (QED) is 0.517. The molecule has 0 saturated carbocycles. The second-order valence-electron chi connectivity index (χ2n) is 5.15. The second-order valence-corrected chi connectivity index (χ2v) is 5.15. The number of aliphatic hydroxyl groups is 2. The molecule has 0 fully saturated rings. The van der Waals surface area contributed by atoms with Crippen LogP contribution in [0.15, 0.2) is 24.3 Å². The Bertz CT molecular complexity index is 696. The average Bonchev–Trinajstić information content (AvgIpc) is 2.53. The summed E-state index contributed by atoms with van der Waals surface area (Å²) in [6, 6.07) is 6.16. The number of rotatable bonds is 6. The zero-order valence-electron chi connectivity index (χ0n) is 12.8. The van der Waals surface area contributed by atoms with Crippen molar-refractivity contribution in [1.29, 1.82) is 0 Å². The number of hydrogen-bond donors (Lipinski definition) is 5. The SMILES string of the molecule is COc1cc(CCO)cc(-c2cc(CCO)cc(O)c2O)c1O. The maximum Gasteiger partial charge on any atom is 0.165 e. The van der Waals surface area contributed by atoms with Gasteiger partial charge < -0.3 is 30.3 Å². The summed E-state index contributed by atoms with van der Waals surface area (Å²) in [5.41, 5.74) is 1.83. The Morgan fingerprint density at radius 2 is 1.30 bits per heavy atom. The van der Waals surface area contributed by atoms with E-state index in [9.17, 15) is 15.3 Å². The van der Waals surface area contributed by atoms with Crippen molar-refractivity contribution in [2.75, 3.05) is 20.3 Å². The van der Waals surface area contributed by atoms with E-state index in [-0.39, 0.29) is 47.3 Å². The normalized spacial score (nSPS) is 10.7. The molecule has 0 aliphatic heterocycles. The van der Waals surface area contributed by atoms with Crippen molar-refractivity contribution in [1.82, 2.24) is 0 Å². The van der Waals surface area contributed by atoms with E-state index in [1.54, 1.807) is 18.2 Å². The van der Waals surface area contributed by atoms with Gasteiger partial charge in [0.25, 0.3) is 0 Å². The largest absolute Gasteiger partial charge is 0.504 e. The van der Waals surface area contributed by atoms with Crippen molar-refractivity contribution < 1.29 is 30.3 Å². The minimum atomic E-state index is -0.370. The van der Waals surface area contributed by atoms with Crippen LogP contribution in [0.25, 0.3) is 11.1 Å². The maximum absolute atomic E-state index is 10.3. The third-order valence-electron chi connectivity index (χ3n) is 3.60. The first kappa shape index (κ1) is 16.9. The van der Waals surface area contributed by atoms with Crippen LogP contribution in [0, 0.1) is 0 Å². The number of phenolic OH excluding ortho intramolecular Hbond substituents is 3. The Labute approximate surface area is 133 Å². The molecule has 2 rings (SSSR count). The lowest BCUT2D eigenvalue weighted by Crippen LogP contribution is -1.96. The molecule has 6 nitrogen and oxygen atoms in total. The molecule has 2 aromatic carbocycles. The van der Waals surface area contributed by atoms with Crippen LogP contribution in [-0.4, -0.2) is 45.9 Å². The highest BCUT2D eigenvalue weighted by Crippen LogP contribution is 2.45. The van der Waals surface area contributed by atoms with E-state index in [1.165, 1.54) is 13.2 Å². The van der Waals surface area contributed by atoms with Gasteiger partial charge in [0.15, 0.2) is 23.0 Å². The second kappa shape index (κ2) is 7.21. The third kappa shape index (κ3) is 3.49. The monoisotopic (exact) mass is 320 g/mol. The highest BCUT2D eigenvalue weighted by Gasteiger charge is 2.18. The molecule has 0 aromatic heterocycles. The molecule has 0 aliphatic carbocycles. The first-order chi connectivity index (χ1) is 11.0. The number of aliphatic hydroxyl groups excluding tert-OH is 2. The lowest BCUT2D eigenvalue weighted by molar-refractivity contribution is 0.298. The first-order valence-electron chi connectivity index (χ1n) is 7.18. The van der Waals surface area contributed by atoms with E-state index in [0.29, 0.717) is 24.0 Å². The lowest BCUT2D eigenvalue weighted by atomic mass is 9.96. The summed E-state index contributed by atoms with van der Waals surface area (Å²) in [6.07, 6.45) is 0.655. The number of aromatic hydroxyl groups is 3. The van der Waals surface area contributed by atoms with Crippen molar-refractivity contribution >= 4 is 0 Å². The van der Waals surface area contributed by atoms with Crippen molar-refractivity contribution in [2.45, 2.75) is 12.8 Å². The predicted molar refractivity (Wildman–Crippen MR) is 85.0 cm³/mol. The smallest absolute Gasteiger partial charge is 0.165 e. The fraction of sp³-hybridized carbons (Fsp3) is 0.294. The number of ether oxygens (including phenoxy) is 1. The van der Waals surface area contributed by atoms with E-state index < -0.39 is 0 Å². The van der Waals surface area contributed by atoms with Gasteiger partial charge in [-0.1, -0.05) is 0 Å². The standard InChI is InChI=1S/C17H20O6/c1-23-15-9-11(3-5-19)7-13(17(15)22)12-6-10(2-4-18)8-14(20)16(12)21/h6-9,18-22H,2-5H2,1H3. The first-order valence-corrected chi connectivity index (χ1v) is 7.18. The Morgan fingerprint density at radius 3 is 1.83 bits per heavy atom. The molecule has 0 bridgehead atoms. The topological polar surface area (TPSA) is 110 Å². The summed E-state index contributed by atoms with van der Waals surface area (Å²) in [5, 5.41) is 48.5. The maximum atomic E-state index is 10.3. The van der Waals surface area contributed by atoms with E-state index >= 15 is 0 Å². The zero-order chi connectivity index (χ0) is 17.0. The van der Waals surface area contributed by atoms with Crippen LogP contribution in [0.4, 0.5) is 0 Å². The van der Waals surface area contributed by atoms with E-state index in [4.69, 9.17) is 14.9 Å². The molecule has 0 amide bonds. The van der Waals surface area contributed by atoms with Gasteiger partial charge in [0.2, 0.25) is 0 Å². The molecule has 5 N–H and O–H groups in total. The summed E-state index contributed by atoms with van der Waals surface area (Å²) < 4.78 is 5.13. The molecule has 0 heterocycles. The molecule has 6 heteroatoms. The molecule has 0 atom stereocenters. The highest BCUT2D eigenvalue weighted by atomic mass is 16.5. The molecule has 0 saturated heterocycles. The van der Waals surface area contributed by atoms with Crippen LogP contribution in [-0.2, 0) is 12.8 Å². The molecular weight excluding hydrogens is 300 g/mol. The third-order valence-corrected chi connectivity index (χ3v) is 3.60. The van der Waals surface area contributed by atoms with Gasteiger partial charge in [-0.3, -0.25) is 0 Å². The average molecular weight is 320 g/mol. The summed E-state index contributed by atoms with van der Waals surface area (Å²) in [6.45, 7) is -0.182. The van der Waals surface area contributed by atoms with E-state index in [2.05, 4.69) is 0 Å². The van der Waals surface area contributed by atoms with Crippen LogP contribution < -0.4 is 4.74 Å². The summed E-state index contributed by atoms with van der Waals surface area (Å²) in [7, 11) is 1.40. The van der Waals surface area contributed by atoms with Crippen molar-refractivity contribution in [2.24, 2.45) is 0 Å². The molecule has 124 valence electrons. The number of benzene rings is 2. The van der Waals surface area contributed by atoms with Gasteiger partial charge in [-0.25, -0.2) is 0 Å². The molecule has 0 radical (unpaired) electrons. The van der Waals surface area contributed by atoms with Crippen LogP contribution in [0.5, 0.6) is 23.0 Å². The Balaban J connectivity index is 2.67. The fourth-order valence-electron chi connectivity index (χ4n) is 2.46. The number of methoxy groups -OCH3 is 1. The Hall–Kier alpha value is -2.44. The van der Waals surface area contributed by atoms with Crippen LogP contribution in [0.3, 0.4) is 0 Å².